The molecule has 2 amide bonds. The molecule has 1 saturated heterocycles. The van der Waals surface area contributed by atoms with E-state index in [-0.39, 0.29) is 23.1 Å². The Morgan fingerprint density at radius 3 is 2.67 bits per heavy atom. The van der Waals surface area contributed by atoms with Gasteiger partial charge in [-0.3, -0.25) is 14.6 Å². The van der Waals surface area contributed by atoms with Crippen LogP contribution in [0.1, 0.15) is 72.8 Å². The lowest BCUT2D eigenvalue weighted by Crippen LogP contribution is -2.45. The Bertz CT molecular complexity index is 1330. The number of pyridine rings is 1. The third-order valence-corrected chi connectivity index (χ3v) is 7.45. The van der Waals surface area contributed by atoms with Crippen molar-refractivity contribution in [2.24, 2.45) is 10.4 Å². The van der Waals surface area contributed by atoms with Gasteiger partial charge in [-0.15, -0.1) is 0 Å². The Hall–Kier alpha value is -3.94. The van der Waals surface area contributed by atoms with Gasteiger partial charge in [-0.25, -0.2) is 13.8 Å². The van der Waals surface area contributed by atoms with E-state index in [1.54, 1.807) is 6.20 Å². The van der Waals surface area contributed by atoms with Gasteiger partial charge in [-0.1, -0.05) is 75.8 Å². The Morgan fingerprint density at radius 1 is 1.26 bits per heavy atom. The zero-order valence-corrected chi connectivity index (χ0v) is 26.4. The maximum absolute atomic E-state index is 13.1. The molecule has 43 heavy (non-hydrogen) atoms. The number of likely N-dealkylation sites (tertiary alicyclic amines) is 1. The summed E-state index contributed by atoms with van der Waals surface area (Å²) in [6, 6.07) is 3.86. The van der Waals surface area contributed by atoms with Gasteiger partial charge in [0.2, 0.25) is 11.8 Å². The standard InChI is InChI=1S/C27H32N4O2.C6H8F2.C2H6/c1-19-17-22(28-4)20(10-7-15-31-16-8-12-26(2,3)25(31)33)9-5-13-27(18-19)21-11-6-14-29-23(21)30-24(27)32;1-6(8)4-2-3-5-7;1-2/h5-7,9-11,14,17H,4,8,12-13,15-16,18H2,1-3H3,(H,29,30,32);2-4H,5H2,1H3;1-2H3/b9-5+,10-7+,19-17+,22-20-;3-2-,6-4+;. The topological polar surface area (TPSA) is 74.7 Å². The number of nitrogens with one attached hydrogen (secondary N) is 1. The first-order chi connectivity index (χ1) is 20.5. The molecule has 1 fully saturated rings. The number of carbonyl (C=O) groups is 2. The molecule has 1 unspecified atom stereocenters. The largest absolute Gasteiger partial charge is 0.339 e. The summed E-state index contributed by atoms with van der Waals surface area (Å²) in [6.07, 6.45) is 18.6. The zero-order chi connectivity index (χ0) is 32.0. The van der Waals surface area contributed by atoms with E-state index in [1.807, 2.05) is 82.0 Å². The fraction of sp³-hybridized carbons (Fsp3) is 0.429. The van der Waals surface area contributed by atoms with Crippen molar-refractivity contribution in [3.8, 4) is 0 Å². The Balaban J connectivity index is 0.000000561. The maximum atomic E-state index is 13.1. The zero-order valence-electron chi connectivity index (χ0n) is 26.4. The SMILES string of the molecule is C/C(F)=C\C=C/CF.C=NC1=C(\C=C\CN2CCCC(C)(C)C2=O)/C=C/CC2(C\C(C)=C\1)C(=O)Nc1ncccc12.CC. The normalized spacial score (nSPS) is 25.3. The molecule has 1 N–H and O–H groups in total. The van der Waals surface area contributed by atoms with E-state index in [1.165, 1.54) is 25.2 Å². The molecule has 0 radical (unpaired) electrons. The van der Waals surface area contributed by atoms with Crippen LogP contribution in [0.3, 0.4) is 0 Å². The molecular formula is C35H46F2N4O2. The molecule has 3 heterocycles. The number of alkyl halides is 1. The predicted octanol–water partition coefficient (Wildman–Crippen LogP) is 8.14. The van der Waals surface area contributed by atoms with E-state index >= 15 is 0 Å². The summed E-state index contributed by atoms with van der Waals surface area (Å²) in [5.74, 6) is 0.519. The van der Waals surface area contributed by atoms with Crippen LogP contribution in [0.2, 0.25) is 0 Å². The Kier molecular flexibility index (Phi) is 13.6. The molecule has 0 bridgehead atoms. The van der Waals surface area contributed by atoms with Crippen molar-refractivity contribution in [2.75, 3.05) is 25.1 Å². The number of piperidine rings is 1. The van der Waals surface area contributed by atoms with E-state index < -0.39 is 12.1 Å². The van der Waals surface area contributed by atoms with Gasteiger partial charge < -0.3 is 10.2 Å². The Labute approximate surface area is 255 Å². The first-order valence-corrected chi connectivity index (χ1v) is 14.9. The number of amides is 2. The van der Waals surface area contributed by atoms with Crippen molar-refractivity contribution >= 4 is 24.3 Å². The predicted molar refractivity (Wildman–Crippen MR) is 173 cm³/mol. The summed E-state index contributed by atoms with van der Waals surface area (Å²) >= 11 is 0. The highest BCUT2D eigenvalue weighted by Crippen LogP contribution is 2.44. The lowest BCUT2D eigenvalue weighted by Gasteiger charge is -2.36. The monoisotopic (exact) mass is 592 g/mol. The minimum Gasteiger partial charge on any atom is -0.339 e. The van der Waals surface area contributed by atoms with E-state index in [0.29, 0.717) is 25.2 Å². The second kappa shape index (κ2) is 16.6. The number of anilines is 1. The number of carbonyl (C=O) groups excluding carboxylic acids is 2. The van der Waals surface area contributed by atoms with Crippen LogP contribution >= 0.6 is 0 Å². The van der Waals surface area contributed by atoms with E-state index in [9.17, 15) is 18.4 Å². The van der Waals surface area contributed by atoms with E-state index in [2.05, 4.69) is 22.0 Å². The number of hydrogen-bond donors (Lipinski definition) is 1. The lowest BCUT2D eigenvalue weighted by atomic mass is 9.74. The average molecular weight is 593 g/mol. The highest BCUT2D eigenvalue weighted by Gasteiger charge is 2.46. The van der Waals surface area contributed by atoms with Gasteiger partial charge in [0.15, 0.2) is 0 Å². The van der Waals surface area contributed by atoms with Crippen LogP contribution in [-0.4, -0.2) is 48.2 Å². The van der Waals surface area contributed by atoms with Crippen molar-refractivity contribution in [3.63, 3.8) is 0 Å². The van der Waals surface area contributed by atoms with Crippen LogP contribution in [-0.2, 0) is 15.0 Å². The fourth-order valence-electron chi connectivity index (χ4n) is 5.37. The van der Waals surface area contributed by atoms with Crippen LogP contribution in [0, 0.1) is 5.41 Å². The van der Waals surface area contributed by atoms with Gasteiger partial charge in [0.25, 0.3) is 0 Å². The molecule has 0 aromatic carbocycles. The second-order valence-corrected chi connectivity index (χ2v) is 11.2. The van der Waals surface area contributed by atoms with Gasteiger partial charge in [-0.05, 0) is 70.0 Å². The number of aromatic nitrogens is 1. The van der Waals surface area contributed by atoms with Gasteiger partial charge in [0.05, 0.1) is 16.9 Å². The van der Waals surface area contributed by atoms with E-state index in [4.69, 9.17) is 0 Å². The quantitative estimate of drug-likeness (QED) is 0.268. The maximum Gasteiger partial charge on any atom is 0.236 e. The summed E-state index contributed by atoms with van der Waals surface area (Å²) in [6.45, 7) is 16.0. The number of halogens is 2. The molecule has 1 spiro atoms. The van der Waals surface area contributed by atoms with Crippen LogP contribution in [0.25, 0.3) is 0 Å². The summed E-state index contributed by atoms with van der Waals surface area (Å²) in [5, 5.41) is 2.95. The van der Waals surface area contributed by atoms with Crippen LogP contribution < -0.4 is 5.32 Å². The first kappa shape index (κ1) is 35.3. The minimum atomic E-state index is -0.683. The number of fused-ring (bicyclic) bond motifs is 2. The fourth-order valence-corrected chi connectivity index (χ4v) is 5.37. The molecule has 4 rings (SSSR count). The molecule has 232 valence electrons. The molecule has 6 nitrogen and oxygen atoms in total. The molecule has 1 aromatic rings. The molecule has 8 heteroatoms. The van der Waals surface area contributed by atoms with Gasteiger partial charge in [0.1, 0.15) is 12.5 Å². The average Bonchev–Trinajstić information content (AvgIpc) is 3.28. The number of nitrogens with zero attached hydrogens (tertiary/aromatic N) is 3. The van der Waals surface area contributed by atoms with Crippen LogP contribution in [0.4, 0.5) is 14.6 Å². The van der Waals surface area contributed by atoms with Gasteiger partial charge in [0, 0.05) is 30.3 Å². The van der Waals surface area contributed by atoms with E-state index in [0.717, 1.165) is 41.8 Å². The molecule has 1 aromatic heterocycles. The summed E-state index contributed by atoms with van der Waals surface area (Å²) < 4.78 is 22.9. The third kappa shape index (κ3) is 9.27. The molecule has 3 aliphatic rings. The highest BCUT2D eigenvalue weighted by molar-refractivity contribution is 6.05. The van der Waals surface area contributed by atoms with Crippen molar-refractivity contribution in [1.82, 2.24) is 9.88 Å². The number of allylic oxidation sites excluding steroid dienone is 10. The first-order valence-electron chi connectivity index (χ1n) is 14.9. The van der Waals surface area contributed by atoms with Crippen molar-refractivity contribution < 1.29 is 18.4 Å². The molecular weight excluding hydrogens is 546 g/mol. The number of rotatable bonds is 6. The lowest BCUT2D eigenvalue weighted by molar-refractivity contribution is -0.143. The summed E-state index contributed by atoms with van der Waals surface area (Å²) in [4.78, 5) is 36.3. The Morgan fingerprint density at radius 2 is 2.00 bits per heavy atom. The van der Waals surface area contributed by atoms with Crippen LogP contribution in [0.5, 0.6) is 0 Å². The summed E-state index contributed by atoms with van der Waals surface area (Å²) in [7, 11) is 0. The van der Waals surface area contributed by atoms with Crippen molar-refractivity contribution in [3.05, 3.63) is 95.2 Å². The smallest absolute Gasteiger partial charge is 0.236 e. The minimum absolute atomic E-state index is 0.0214. The molecule has 1 aliphatic carbocycles. The third-order valence-electron chi connectivity index (χ3n) is 7.45. The number of aliphatic imine (C=N–C) groups is 1. The molecule has 1 atom stereocenters. The van der Waals surface area contributed by atoms with Crippen LogP contribution in [0.15, 0.2) is 94.6 Å². The van der Waals surface area contributed by atoms with Gasteiger partial charge >= 0.3 is 0 Å². The highest BCUT2D eigenvalue weighted by atomic mass is 19.1. The molecule has 2 aliphatic heterocycles. The van der Waals surface area contributed by atoms with Gasteiger partial charge in [-0.2, -0.15) is 0 Å². The van der Waals surface area contributed by atoms with Crippen molar-refractivity contribution in [2.45, 2.75) is 72.6 Å². The second-order valence-electron chi connectivity index (χ2n) is 11.2. The number of hydrogen-bond acceptors (Lipinski definition) is 4. The summed E-state index contributed by atoms with van der Waals surface area (Å²) in [5.41, 5.74) is 2.68. The van der Waals surface area contributed by atoms with Crippen molar-refractivity contribution in [1.29, 1.82) is 0 Å². The molecule has 0 saturated carbocycles.